The van der Waals surface area contributed by atoms with Crippen LogP contribution in [0.3, 0.4) is 0 Å². The first-order valence-corrected chi connectivity index (χ1v) is 6.01. The molecule has 0 amide bonds. The summed E-state index contributed by atoms with van der Waals surface area (Å²) in [7, 11) is 1.77. The summed E-state index contributed by atoms with van der Waals surface area (Å²) in [4.78, 5) is 0. The zero-order chi connectivity index (χ0) is 11.1. The van der Waals surface area contributed by atoms with Gasteiger partial charge in [0, 0.05) is 7.11 Å². The van der Waals surface area contributed by atoms with Gasteiger partial charge in [-0.1, -0.05) is 25.0 Å². The Labute approximate surface area is 93.0 Å². The fraction of sp³-hybridized carbons (Fsp3) is 0.833. The minimum Gasteiger partial charge on any atom is -0.379 e. The average molecular weight is 212 g/mol. The molecule has 3 nitrogen and oxygen atoms in total. The van der Waals surface area contributed by atoms with Crippen LogP contribution in [0.2, 0.25) is 0 Å². The largest absolute Gasteiger partial charge is 0.379 e. The quantitative estimate of drug-likeness (QED) is 0.403. The van der Waals surface area contributed by atoms with Crippen molar-refractivity contribution in [1.82, 2.24) is 5.43 Å². The lowest BCUT2D eigenvalue weighted by atomic mass is 9.90. The lowest BCUT2D eigenvalue weighted by Crippen LogP contribution is -2.46. The second kappa shape index (κ2) is 6.99. The van der Waals surface area contributed by atoms with Crippen LogP contribution in [0.5, 0.6) is 0 Å². The molecule has 3 N–H and O–H groups in total. The van der Waals surface area contributed by atoms with E-state index in [1.54, 1.807) is 7.11 Å². The normalized spacial score (nSPS) is 20.9. The molecule has 1 rings (SSSR count). The number of methoxy groups -OCH3 is 1. The van der Waals surface area contributed by atoms with Crippen LogP contribution in [-0.4, -0.2) is 19.3 Å². The number of rotatable bonds is 6. The molecule has 0 spiro atoms. The number of hydrogen-bond donors (Lipinski definition) is 2. The van der Waals surface area contributed by atoms with E-state index in [-0.39, 0.29) is 12.1 Å². The van der Waals surface area contributed by atoms with Crippen LogP contribution in [-0.2, 0) is 4.74 Å². The molecule has 0 aromatic heterocycles. The van der Waals surface area contributed by atoms with Crippen molar-refractivity contribution in [2.24, 2.45) is 5.84 Å². The third-order valence-corrected chi connectivity index (χ3v) is 3.15. The first kappa shape index (κ1) is 12.7. The maximum Gasteiger partial charge on any atom is 0.0775 e. The summed E-state index contributed by atoms with van der Waals surface area (Å²) in [6.07, 6.45) is 9.68. The van der Waals surface area contributed by atoms with Gasteiger partial charge in [-0.05, 0) is 32.1 Å². The van der Waals surface area contributed by atoms with E-state index >= 15 is 0 Å². The summed E-state index contributed by atoms with van der Waals surface area (Å²) >= 11 is 0. The van der Waals surface area contributed by atoms with Crippen LogP contribution in [0.15, 0.2) is 11.6 Å². The van der Waals surface area contributed by atoms with Crippen molar-refractivity contribution in [2.45, 2.75) is 57.6 Å². The Kier molecular flexibility index (Phi) is 5.91. The second-order valence-electron chi connectivity index (χ2n) is 4.23. The molecule has 0 aromatic rings. The lowest BCUT2D eigenvalue weighted by Gasteiger charge is -2.29. The van der Waals surface area contributed by atoms with Gasteiger partial charge >= 0.3 is 0 Å². The predicted octanol–water partition coefficient (Wildman–Crippen LogP) is 2.13. The number of nitrogens with one attached hydrogen (secondary N) is 1. The summed E-state index contributed by atoms with van der Waals surface area (Å²) in [5, 5.41) is 0. The maximum atomic E-state index is 5.64. The van der Waals surface area contributed by atoms with Crippen molar-refractivity contribution in [3.05, 3.63) is 11.6 Å². The fourth-order valence-corrected chi connectivity index (χ4v) is 2.30. The van der Waals surface area contributed by atoms with Crippen LogP contribution in [0.4, 0.5) is 0 Å². The number of hydrazine groups is 1. The topological polar surface area (TPSA) is 47.3 Å². The van der Waals surface area contributed by atoms with Gasteiger partial charge in [-0.2, -0.15) is 0 Å². The highest BCUT2D eigenvalue weighted by Crippen LogP contribution is 2.23. The van der Waals surface area contributed by atoms with Crippen molar-refractivity contribution in [3.63, 3.8) is 0 Å². The van der Waals surface area contributed by atoms with E-state index in [1.165, 1.54) is 31.3 Å². The summed E-state index contributed by atoms with van der Waals surface area (Å²) in [6.45, 7) is 2.18. The molecule has 3 heteroatoms. The third-order valence-electron chi connectivity index (χ3n) is 3.15. The highest BCUT2D eigenvalue weighted by atomic mass is 16.5. The molecular formula is C12H24N2O. The molecular weight excluding hydrogens is 188 g/mol. The number of hydrogen-bond acceptors (Lipinski definition) is 3. The van der Waals surface area contributed by atoms with Crippen molar-refractivity contribution in [2.75, 3.05) is 7.11 Å². The molecule has 2 atom stereocenters. The van der Waals surface area contributed by atoms with Crippen LogP contribution < -0.4 is 11.3 Å². The van der Waals surface area contributed by atoms with E-state index in [2.05, 4.69) is 18.4 Å². The van der Waals surface area contributed by atoms with E-state index in [4.69, 9.17) is 10.6 Å². The molecule has 1 aliphatic carbocycles. The average Bonchev–Trinajstić information content (AvgIpc) is 2.30. The molecule has 0 bridgehead atoms. The smallest absolute Gasteiger partial charge is 0.0775 e. The van der Waals surface area contributed by atoms with Crippen molar-refractivity contribution in [1.29, 1.82) is 0 Å². The number of ether oxygens (including phenoxy) is 1. The molecule has 0 radical (unpaired) electrons. The second-order valence-corrected chi connectivity index (χ2v) is 4.23. The Morgan fingerprint density at radius 3 is 2.80 bits per heavy atom. The molecule has 88 valence electrons. The zero-order valence-electron chi connectivity index (χ0n) is 9.96. The van der Waals surface area contributed by atoms with Gasteiger partial charge in [-0.25, -0.2) is 0 Å². The predicted molar refractivity (Wildman–Crippen MR) is 63.4 cm³/mol. The standard InChI is InChI=1S/C12H24N2O/c1-3-7-11(15-2)12(14-13)10-8-5-4-6-9-10/h8,11-12,14H,3-7,9,13H2,1-2H3. The van der Waals surface area contributed by atoms with E-state index in [0.29, 0.717) is 0 Å². The molecule has 0 aromatic carbocycles. The van der Waals surface area contributed by atoms with Crippen LogP contribution >= 0.6 is 0 Å². The van der Waals surface area contributed by atoms with Gasteiger partial charge in [0.1, 0.15) is 0 Å². The van der Waals surface area contributed by atoms with Gasteiger partial charge in [0.25, 0.3) is 0 Å². The SMILES string of the molecule is CCCC(OC)C(NN)C1=CCCCC1. The molecule has 0 heterocycles. The first-order chi connectivity index (χ1) is 7.33. The highest BCUT2D eigenvalue weighted by Gasteiger charge is 2.23. The highest BCUT2D eigenvalue weighted by molar-refractivity contribution is 5.15. The fourth-order valence-electron chi connectivity index (χ4n) is 2.30. The zero-order valence-corrected chi connectivity index (χ0v) is 9.96. The van der Waals surface area contributed by atoms with E-state index in [9.17, 15) is 0 Å². The molecule has 0 aliphatic heterocycles. The van der Waals surface area contributed by atoms with Crippen molar-refractivity contribution in [3.8, 4) is 0 Å². The molecule has 2 unspecified atom stereocenters. The van der Waals surface area contributed by atoms with Gasteiger partial charge in [-0.15, -0.1) is 0 Å². The number of allylic oxidation sites excluding steroid dienone is 1. The minimum atomic E-state index is 0.204. The van der Waals surface area contributed by atoms with Crippen molar-refractivity contribution < 1.29 is 4.74 Å². The first-order valence-electron chi connectivity index (χ1n) is 6.01. The Bertz CT molecular complexity index is 204. The Morgan fingerprint density at radius 2 is 2.33 bits per heavy atom. The summed E-state index contributed by atoms with van der Waals surface area (Å²) in [5.41, 5.74) is 4.35. The maximum absolute atomic E-state index is 5.64. The van der Waals surface area contributed by atoms with Crippen LogP contribution in [0.1, 0.15) is 45.4 Å². The van der Waals surface area contributed by atoms with Gasteiger partial charge in [0.05, 0.1) is 12.1 Å². The lowest BCUT2D eigenvalue weighted by molar-refractivity contribution is 0.0698. The Morgan fingerprint density at radius 1 is 1.53 bits per heavy atom. The van der Waals surface area contributed by atoms with Gasteiger partial charge in [0.2, 0.25) is 0 Å². The molecule has 1 aliphatic rings. The summed E-state index contributed by atoms with van der Waals surface area (Å²) in [6, 6.07) is 0.204. The van der Waals surface area contributed by atoms with Gasteiger partial charge in [0.15, 0.2) is 0 Å². The molecule has 15 heavy (non-hydrogen) atoms. The van der Waals surface area contributed by atoms with E-state index in [0.717, 1.165) is 12.8 Å². The Hall–Kier alpha value is -0.380. The Balaban J connectivity index is 2.62. The molecule has 0 saturated heterocycles. The third kappa shape index (κ3) is 3.59. The number of nitrogens with two attached hydrogens (primary N) is 1. The molecule has 0 fully saturated rings. The summed E-state index contributed by atoms with van der Waals surface area (Å²) < 4.78 is 5.51. The van der Waals surface area contributed by atoms with E-state index < -0.39 is 0 Å². The van der Waals surface area contributed by atoms with E-state index in [1.807, 2.05) is 0 Å². The van der Waals surface area contributed by atoms with Gasteiger partial charge < -0.3 is 4.74 Å². The molecule has 0 saturated carbocycles. The van der Waals surface area contributed by atoms with Crippen LogP contribution in [0, 0.1) is 0 Å². The van der Waals surface area contributed by atoms with Crippen LogP contribution in [0.25, 0.3) is 0 Å². The summed E-state index contributed by atoms with van der Waals surface area (Å²) in [5.74, 6) is 5.64. The monoisotopic (exact) mass is 212 g/mol. The van der Waals surface area contributed by atoms with Crippen molar-refractivity contribution >= 4 is 0 Å². The minimum absolute atomic E-state index is 0.204. The van der Waals surface area contributed by atoms with Gasteiger partial charge in [-0.3, -0.25) is 11.3 Å².